The van der Waals surface area contributed by atoms with Crippen LogP contribution in [0.5, 0.6) is 0 Å². The largest absolute Gasteiger partial charge is 0.376 e. The van der Waals surface area contributed by atoms with Crippen molar-refractivity contribution in [2.75, 3.05) is 6.61 Å². The molecule has 0 aromatic rings. The second-order valence-electron chi connectivity index (χ2n) is 3.36. The van der Waals surface area contributed by atoms with Crippen molar-refractivity contribution in [2.24, 2.45) is 0 Å². The van der Waals surface area contributed by atoms with Crippen LogP contribution in [0.1, 0.15) is 27.7 Å². The Bertz CT molecular complexity index is 136. The Balaban J connectivity index is 2.57. The molecule has 0 N–H and O–H groups in total. The molecule has 11 heavy (non-hydrogen) atoms. The molecule has 1 aliphatic heterocycles. The van der Waals surface area contributed by atoms with Crippen LogP contribution in [0, 0.1) is 0 Å². The van der Waals surface area contributed by atoms with E-state index in [9.17, 15) is 0 Å². The molecule has 0 saturated carbocycles. The first-order valence-corrected chi connectivity index (χ1v) is 6.25. The summed E-state index contributed by atoms with van der Waals surface area (Å²) in [6.45, 7) is 9.66. The second kappa shape index (κ2) is 3.58. The minimum absolute atomic E-state index is 0.292. The van der Waals surface area contributed by atoms with Crippen LogP contribution in [-0.4, -0.2) is 22.7 Å². The third-order valence-electron chi connectivity index (χ3n) is 1.87. The van der Waals surface area contributed by atoms with Gasteiger partial charge in [0, 0.05) is 16.6 Å². The fourth-order valence-corrected chi connectivity index (χ4v) is 4.54. The van der Waals surface area contributed by atoms with Crippen LogP contribution in [0.3, 0.4) is 0 Å². The Morgan fingerprint density at radius 2 is 2.09 bits per heavy atom. The third-order valence-corrected chi connectivity index (χ3v) is 5.67. The predicted octanol–water partition coefficient (Wildman–Crippen LogP) is 2.95. The zero-order valence-corrected chi connectivity index (χ0v) is 9.22. The SMILES string of the molecule is CCO[C@H]1[C@H](C)SSC1(C)C. The van der Waals surface area contributed by atoms with Gasteiger partial charge in [0.05, 0.1) is 6.10 Å². The lowest BCUT2D eigenvalue weighted by Crippen LogP contribution is -2.36. The van der Waals surface area contributed by atoms with E-state index in [1.54, 1.807) is 0 Å². The summed E-state index contributed by atoms with van der Waals surface area (Å²) in [6, 6.07) is 0. The van der Waals surface area contributed by atoms with Crippen molar-refractivity contribution in [3.63, 3.8) is 0 Å². The summed E-state index contributed by atoms with van der Waals surface area (Å²) in [5, 5.41) is 0.634. The van der Waals surface area contributed by atoms with Gasteiger partial charge in [0.25, 0.3) is 0 Å². The summed E-state index contributed by atoms with van der Waals surface area (Å²) >= 11 is 0. The van der Waals surface area contributed by atoms with Crippen LogP contribution in [0.4, 0.5) is 0 Å². The van der Waals surface area contributed by atoms with Crippen LogP contribution in [0.25, 0.3) is 0 Å². The molecule has 1 heterocycles. The monoisotopic (exact) mass is 192 g/mol. The zero-order chi connectivity index (χ0) is 8.48. The summed E-state index contributed by atoms with van der Waals surface area (Å²) < 4.78 is 5.98. The molecule has 1 rings (SSSR count). The molecular weight excluding hydrogens is 176 g/mol. The summed E-state index contributed by atoms with van der Waals surface area (Å²) in [5.74, 6) is 0. The number of ether oxygens (including phenoxy) is 1. The van der Waals surface area contributed by atoms with E-state index >= 15 is 0 Å². The molecule has 0 radical (unpaired) electrons. The zero-order valence-electron chi connectivity index (χ0n) is 7.59. The highest BCUT2D eigenvalue weighted by atomic mass is 33.1. The molecule has 0 aromatic carbocycles. The van der Waals surface area contributed by atoms with Gasteiger partial charge in [-0.3, -0.25) is 0 Å². The Labute approximate surface area is 77.0 Å². The van der Waals surface area contributed by atoms with E-state index < -0.39 is 0 Å². The van der Waals surface area contributed by atoms with Crippen molar-refractivity contribution in [3.8, 4) is 0 Å². The lowest BCUT2D eigenvalue weighted by atomic mass is 10.0. The normalized spacial score (nSPS) is 36.0. The lowest BCUT2D eigenvalue weighted by molar-refractivity contribution is 0.0462. The van der Waals surface area contributed by atoms with Crippen molar-refractivity contribution in [3.05, 3.63) is 0 Å². The van der Waals surface area contributed by atoms with Gasteiger partial charge < -0.3 is 4.74 Å². The fraction of sp³-hybridized carbons (Fsp3) is 1.00. The molecule has 0 spiro atoms. The van der Waals surface area contributed by atoms with Gasteiger partial charge in [-0.05, 0) is 27.7 Å². The topological polar surface area (TPSA) is 9.23 Å². The second-order valence-corrected chi connectivity index (χ2v) is 6.60. The van der Waals surface area contributed by atoms with Crippen LogP contribution in [-0.2, 0) is 4.74 Å². The summed E-state index contributed by atoms with van der Waals surface area (Å²) in [5.41, 5.74) is 0. The van der Waals surface area contributed by atoms with E-state index in [1.165, 1.54) is 0 Å². The first-order chi connectivity index (χ1) is 5.08. The number of rotatable bonds is 2. The van der Waals surface area contributed by atoms with Crippen molar-refractivity contribution >= 4 is 21.6 Å². The van der Waals surface area contributed by atoms with Crippen LogP contribution in [0.2, 0.25) is 0 Å². The molecule has 1 saturated heterocycles. The Hall–Kier alpha value is 0.660. The van der Waals surface area contributed by atoms with Crippen molar-refractivity contribution < 1.29 is 4.74 Å². The molecule has 1 aliphatic rings. The van der Waals surface area contributed by atoms with Crippen molar-refractivity contribution in [1.82, 2.24) is 0 Å². The highest BCUT2D eigenvalue weighted by Crippen LogP contribution is 2.51. The first kappa shape index (κ1) is 9.75. The fourth-order valence-electron chi connectivity index (χ4n) is 1.38. The highest BCUT2D eigenvalue weighted by molar-refractivity contribution is 8.77. The van der Waals surface area contributed by atoms with Gasteiger partial charge >= 0.3 is 0 Å². The van der Waals surface area contributed by atoms with E-state index in [2.05, 4.69) is 27.7 Å². The van der Waals surface area contributed by atoms with E-state index in [0.717, 1.165) is 6.61 Å². The number of hydrogen-bond acceptors (Lipinski definition) is 3. The van der Waals surface area contributed by atoms with Gasteiger partial charge in [-0.15, -0.1) is 0 Å². The highest BCUT2D eigenvalue weighted by Gasteiger charge is 2.42. The molecule has 0 unspecified atom stereocenters. The first-order valence-electron chi connectivity index (χ1n) is 4.04. The Morgan fingerprint density at radius 1 is 1.45 bits per heavy atom. The maximum absolute atomic E-state index is 5.69. The van der Waals surface area contributed by atoms with E-state index in [1.807, 2.05) is 21.6 Å². The molecule has 3 heteroatoms. The van der Waals surface area contributed by atoms with Crippen LogP contribution < -0.4 is 0 Å². The molecule has 0 aromatic heterocycles. The van der Waals surface area contributed by atoms with Gasteiger partial charge in [-0.1, -0.05) is 21.6 Å². The molecule has 66 valence electrons. The quantitative estimate of drug-likeness (QED) is 0.623. The Morgan fingerprint density at radius 3 is 2.45 bits per heavy atom. The Kier molecular flexibility index (Phi) is 3.18. The molecule has 1 fully saturated rings. The van der Waals surface area contributed by atoms with Crippen molar-refractivity contribution in [1.29, 1.82) is 0 Å². The summed E-state index contributed by atoms with van der Waals surface area (Å²) in [4.78, 5) is 0. The maximum atomic E-state index is 5.69. The van der Waals surface area contributed by atoms with E-state index in [-0.39, 0.29) is 0 Å². The molecule has 0 aliphatic carbocycles. The average molecular weight is 192 g/mol. The smallest absolute Gasteiger partial charge is 0.0848 e. The van der Waals surface area contributed by atoms with E-state index in [0.29, 0.717) is 16.1 Å². The van der Waals surface area contributed by atoms with Crippen LogP contribution in [0.15, 0.2) is 0 Å². The standard InChI is InChI=1S/C8H16OS2/c1-5-9-7-6(2)10-11-8(7,3)4/h6-7H,5H2,1-4H3/t6-,7-/m0/s1. The molecular formula is C8H16OS2. The van der Waals surface area contributed by atoms with Gasteiger partial charge in [0.15, 0.2) is 0 Å². The maximum Gasteiger partial charge on any atom is 0.0848 e. The van der Waals surface area contributed by atoms with Gasteiger partial charge in [-0.25, -0.2) is 0 Å². The molecule has 2 atom stereocenters. The predicted molar refractivity (Wildman–Crippen MR) is 54.1 cm³/mol. The van der Waals surface area contributed by atoms with Crippen molar-refractivity contribution in [2.45, 2.75) is 43.8 Å². The minimum Gasteiger partial charge on any atom is -0.376 e. The number of hydrogen-bond donors (Lipinski definition) is 0. The molecule has 0 amide bonds. The third kappa shape index (κ3) is 2.07. The summed E-state index contributed by atoms with van der Waals surface area (Å²) in [7, 11) is 3.89. The van der Waals surface area contributed by atoms with Gasteiger partial charge in [0.1, 0.15) is 0 Å². The lowest BCUT2D eigenvalue weighted by Gasteiger charge is -2.26. The molecule has 1 nitrogen and oxygen atoms in total. The molecule has 0 bridgehead atoms. The summed E-state index contributed by atoms with van der Waals surface area (Å²) in [6.07, 6.45) is 0.419. The minimum atomic E-state index is 0.292. The van der Waals surface area contributed by atoms with Gasteiger partial charge in [-0.2, -0.15) is 0 Å². The van der Waals surface area contributed by atoms with Gasteiger partial charge in [0.2, 0.25) is 0 Å². The van der Waals surface area contributed by atoms with E-state index in [4.69, 9.17) is 4.74 Å². The van der Waals surface area contributed by atoms with Crippen LogP contribution >= 0.6 is 21.6 Å². The average Bonchev–Trinajstić information content (AvgIpc) is 2.16.